The van der Waals surface area contributed by atoms with E-state index < -0.39 is 47.3 Å². The second kappa shape index (κ2) is 5.73. The highest BCUT2D eigenvalue weighted by atomic mass is 32.5. The number of halogens is 5. The van der Waals surface area contributed by atoms with Gasteiger partial charge in [0, 0.05) is 5.69 Å². The fourth-order valence-electron chi connectivity index (χ4n) is 2.02. The number of carboxylic acid groups (broad SMARTS) is 1. The van der Waals surface area contributed by atoms with Crippen molar-refractivity contribution >= 4 is 31.9 Å². The number of sulfonamides is 1. The molecule has 13 heteroatoms. The zero-order valence-corrected chi connectivity index (χ0v) is 15.0. The molecule has 0 aliphatic carbocycles. The van der Waals surface area contributed by atoms with E-state index in [-0.39, 0.29) is 17.9 Å². The van der Waals surface area contributed by atoms with Gasteiger partial charge in [-0.05, 0) is 42.5 Å². The van der Waals surface area contributed by atoms with Crippen LogP contribution in [0, 0.1) is 0 Å². The molecule has 0 unspecified atom stereocenters. The van der Waals surface area contributed by atoms with E-state index in [1.54, 1.807) is 0 Å². The van der Waals surface area contributed by atoms with Crippen molar-refractivity contribution < 1.29 is 42.5 Å². The Morgan fingerprint density at radius 3 is 2.04 bits per heavy atom. The summed E-state index contributed by atoms with van der Waals surface area (Å²) in [6, 6.07) is 4.02. The van der Waals surface area contributed by atoms with Gasteiger partial charge in [0.05, 0.1) is 12.0 Å². The SMILES string of the molecule is COc1ccc(S(=O)(=O)Nc2ccc(S(F)(F)(F)(F)F)cc2)cc1C(=O)O. The Bertz CT molecular complexity index is 1010. The third-order valence-electron chi connectivity index (χ3n) is 3.26. The minimum Gasteiger partial charge on any atom is -0.496 e. The summed E-state index contributed by atoms with van der Waals surface area (Å²) in [6.07, 6.45) is 0. The minimum atomic E-state index is -9.87. The zero-order chi connectivity index (χ0) is 20.7. The molecule has 0 spiro atoms. The van der Waals surface area contributed by atoms with Gasteiger partial charge in [0.1, 0.15) is 16.2 Å². The van der Waals surface area contributed by atoms with Crippen molar-refractivity contribution in [1.82, 2.24) is 0 Å². The molecular formula is C14H12F5NO5S2. The van der Waals surface area contributed by atoms with Gasteiger partial charge in [0.25, 0.3) is 10.0 Å². The predicted octanol–water partition coefficient (Wildman–Crippen LogP) is 4.85. The van der Waals surface area contributed by atoms with Gasteiger partial charge in [-0.1, -0.05) is 19.4 Å². The number of methoxy groups -OCH3 is 1. The van der Waals surface area contributed by atoms with Crippen molar-refractivity contribution in [3.05, 3.63) is 48.0 Å². The highest BCUT2D eigenvalue weighted by Crippen LogP contribution is 3.02. The number of anilines is 1. The van der Waals surface area contributed by atoms with E-state index in [1.807, 2.05) is 4.72 Å². The summed E-state index contributed by atoms with van der Waals surface area (Å²) in [5, 5.41) is 9.06. The van der Waals surface area contributed by atoms with Crippen LogP contribution in [0.25, 0.3) is 0 Å². The average molecular weight is 433 g/mol. The maximum Gasteiger partial charge on any atom is 0.339 e. The van der Waals surface area contributed by atoms with E-state index in [4.69, 9.17) is 9.84 Å². The molecule has 0 heterocycles. The molecule has 0 fully saturated rings. The van der Waals surface area contributed by atoms with Crippen LogP contribution in [0.1, 0.15) is 10.4 Å². The molecule has 2 rings (SSSR count). The lowest BCUT2D eigenvalue weighted by Crippen LogP contribution is -2.14. The lowest BCUT2D eigenvalue weighted by Gasteiger charge is -2.40. The molecule has 0 saturated heterocycles. The average Bonchev–Trinajstić information content (AvgIpc) is 2.52. The summed E-state index contributed by atoms with van der Waals surface area (Å²) in [5.41, 5.74) is -0.884. The molecule has 6 nitrogen and oxygen atoms in total. The quantitative estimate of drug-likeness (QED) is 0.636. The maximum absolute atomic E-state index is 12.7. The van der Waals surface area contributed by atoms with Crippen LogP contribution in [0.2, 0.25) is 0 Å². The van der Waals surface area contributed by atoms with E-state index in [0.29, 0.717) is 12.1 Å². The largest absolute Gasteiger partial charge is 0.496 e. The van der Waals surface area contributed by atoms with Crippen LogP contribution in [0.5, 0.6) is 5.75 Å². The van der Waals surface area contributed by atoms with Crippen LogP contribution in [0.3, 0.4) is 0 Å². The zero-order valence-electron chi connectivity index (χ0n) is 13.3. The van der Waals surface area contributed by atoms with Crippen LogP contribution < -0.4 is 9.46 Å². The Kier molecular flexibility index (Phi) is 4.40. The van der Waals surface area contributed by atoms with Crippen molar-refractivity contribution in [3.63, 3.8) is 0 Å². The van der Waals surface area contributed by atoms with Crippen LogP contribution in [0.4, 0.5) is 25.1 Å². The molecule has 0 aromatic heterocycles. The predicted molar refractivity (Wildman–Crippen MR) is 88.6 cm³/mol. The fraction of sp³-hybridized carbons (Fsp3) is 0.0714. The number of hydrogen-bond donors (Lipinski definition) is 2. The Hall–Kier alpha value is -2.54. The van der Waals surface area contributed by atoms with Crippen molar-refractivity contribution in [2.45, 2.75) is 9.79 Å². The summed E-state index contributed by atoms with van der Waals surface area (Å²) < 4.78 is 94.6. The normalized spacial score (nSPS) is 14.7. The van der Waals surface area contributed by atoms with Gasteiger partial charge in [-0.2, -0.15) is 0 Å². The molecule has 0 radical (unpaired) electrons. The first kappa shape index (κ1) is 20.8. The van der Waals surface area contributed by atoms with Gasteiger partial charge in [0.2, 0.25) is 0 Å². The number of rotatable bonds is 6. The van der Waals surface area contributed by atoms with Crippen molar-refractivity contribution in [2.75, 3.05) is 11.8 Å². The van der Waals surface area contributed by atoms with E-state index in [9.17, 15) is 32.6 Å². The van der Waals surface area contributed by atoms with Crippen LogP contribution in [-0.2, 0) is 10.0 Å². The van der Waals surface area contributed by atoms with Gasteiger partial charge in [-0.15, -0.1) is 0 Å². The van der Waals surface area contributed by atoms with Crippen molar-refractivity contribution in [1.29, 1.82) is 0 Å². The van der Waals surface area contributed by atoms with Crippen molar-refractivity contribution in [3.8, 4) is 5.75 Å². The number of benzene rings is 2. The molecule has 2 N–H and O–H groups in total. The first-order valence-electron chi connectivity index (χ1n) is 6.82. The lowest BCUT2D eigenvalue weighted by molar-refractivity contribution is 0.0693. The molecule has 0 atom stereocenters. The van der Waals surface area contributed by atoms with Gasteiger partial charge >= 0.3 is 16.2 Å². The highest BCUT2D eigenvalue weighted by molar-refractivity contribution is 8.45. The summed E-state index contributed by atoms with van der Waals surface area (Å²) in [4.78, 5) is 8.45. The molecule has 0 saturated carbocycles. The number of carbonyl (C=O) groups is 1. The molecule has 0 aliphatic rings. The Balaban J connectivity index is 2.38. The minimum absolute atomic E-state index is 0.0517. The number of hydrogen-bond acceptors (Lipinski definition) is 4. The van der Waals surface area contributed by atoms with Gasteiger partial charge in [-0.25, -0.2) is 13.2 Å². The fourth-order valence-corrected chi connectivity index (χ4v) is 3.75. The summed E-state index contributed by atoms with van der Waals surface area (Å²) in [7, 11) is -13.1. The summed E-state index contributed by atoms with van der Waals surface area (Å²) >= 11 is 0. The third-order valence-corrected chi connectivity index (χ3v) is 5.81. The standard InChI is InChI=1S/C14H12F5NO5S2/c1-25-13-7-4-10(8-12(13)14(21)22)26(23,24)20-9-2-5-11(6-3-9)27(15,16,17,18)19/h2-8,20H,1H3,(H,21,22). The second-order valence-corrected chi connectivity index (χ2v) is 9.36. The van der Waals surface area contributed by atoms with Crippen LogP contribution in [-0.4, -0.2) is 26.6 Å². The highest BCUT2D eigenvalue weighted by Gasteiger charge is 2.65. The first-order valence-corrected chi connectivity index (χ1v) is 10.3. The molecule has 0 aliphatic heterocycles. The number of ether oxygens (including phenoxy) is 1. The number of nitrogens with one attached hydrogen (secondary N) is 1. The van der Waals surface area contributed by atoms with E-state index in [1.165, 1.54) is 7.11 Å². The first-order chi connectivity index (χ1) is 12.0. The second-order valence-electron chi connectivity index (χ2n) is 5.27. The summed E-state index contributed by atoms with van der Waals surface area (Å²) in [5.74, 6) is -1.58. The molecule has 0 bridgehead atoms. The third kappa shape index (κ3) is 4.80. The lowest BCUT2D eigenvalue weighted by atomic mass is 10.2. The summed E-state index contributed by atoms with van der Waals surface area (Å²) in [6.45, 7) is 0. The smallest absolute Gasteiger partial charge is 0.339 e. The number of aromatic carboxylic acids is 1. The van der Waals surface area contributed by atoms with Gasteiger partial charge < -0.3 is 9.84 Å². The topological polar surface area (TPSA) is 92.7 Å². The monoisotopic (exact) mass is 433 g/mol. The van der Waals surface area contributed by atoms with Gasteiger partial charge in [0.15, 0.2) is 0 Å². The van der Waals surface area contributed by atoms with E-state index in [2.05, 4.69) is 0 Å². The van der Waals surface area contributed by atoms with Crippen LogP contribution in [0.15, 0.2) is 52.3 Å². The maximum atomic E-state index is 12.7. The molecule has 2 aromatic carbocycles. The molecule has 27 heavy (non-hydrogen) atoms. The Morgan fingerprint density at radius 1 is 1.04 bits per heavy atom. The van der Waals surface area contributed by atoms with E-state index in [0.717, 1.165) is 18.2 Å². The number of carboxylic acids is 1. The molecule has 0 amide bonds. The Morgan fingerprint density at radius 2 is 1.59 bits per heavy atom. The van der Waals surface area contributed by atoms with Crippen LogP contribution >= 0.6 is 10.2 Å². The van der Waals surface area contributed by atoms with Gasteiger partial charge in [-0.3, -0.25) is 4.72 Å². The van der Waals surface area contributed by atoms with Crippen molar-refractivity contribution in [2.24, 2.45) is 0 Å². The molecule has 2 aromatic rings. The Labute approximate surface area is 150 Å². The van der Waals surface area contributed by atoms with E-state index >= 15 is 0 Å². The molecule has 150 valence electrons. The molecular weight excluding hydrogens is 421 g/mol.